The van der Waals surface area contributed by atoms with Crippen LogP contribution in [0.2, 0.25) is 0 Å². The number of thiazole rings is 1. The number of ether oxygens (including phenoxy) is 1. The van der Waals surface area contributed by atoms with E-state index in [1.165, 1.54) is 28.0 Å². The third-order valence-electron chi connectivity index (χ3n) is 5.13. The summed E-state index contributed by atoms with van der Waals surface area (Å²) in [6.45, 7) is 11.2. The molecule has 1 fully saturated rings. The Morgan fingerprint density at radius 1 is 1.10 bits per heavy atom. The Kier molecular flexibility index (Phi) is 6.87. The van der Waals surface area contributed by atoms with E-state index in [0.29, 0.717) is 37.9 Å². The largest absolute Gasteiger partial charge is 0.450 e. The fourth-order valence-corrected chi connectivity index (χ4v) is 4.08. The Morgan fingerprint density at radius 3 is 2.48 bits per heavy atom. The molecule has 0 spiro atoms. The number of aromatic nitrogens is 1. The summed E-state index contributed by atoms with van der Waals surface area (Å²) >= 11 is 1.43. The van der Waals surface area contributed by atoms with Gasteiger partial charge in [0.1, 0.15) is 0 Å². The maximum absolute atomic E-state index is 12.4. The lowest BCUT2D eigenvalue weighted by Gasteiger charge is -2.33. The number of amides is 2. The molecule has 1 N–H and O–H groups in total. The summed E-state index contributed by atoms with van der Waals surface area (Å²) in [6, 6.07) is 4.31. The summed E-state index contributed by atoms with van der Waals surface area (Å²) in [5.74, 6) is -0.0905. The molecule has 1 aliphatic heterocycles. The van der Waals surface area contributed by atoms with Crippen LogP contribution >= 0.6 is 11.3 Å². The van der Waals surface area contributed by atoms with E-state index in [-0.39, 0.29) is 18.5 Å². The SMILES string of the molecule is CCOC(=O)N1CCN(CC(=O)Nc2nc(-c3cc(C)c(C)cc3C)cs2)CC1. The zero-order valence-electron chi connectivity index (χ0n) is 17.4. The van der Waals surface area contributed by atoms with Crippen LogP contribution in [0.3, 0.4) is 0 Å². The van der Waals surface area contributed by atoms with E-state index >= 15 is 0 Å². The van der Waals surface area contributed by atoms with Crippen molar-refractivity contribution in [2.75, 3.05) is 44.6 Å². The molecule has 0 saturated carbocycles. The molecule has 0 bridgehead atoms. The highest BCUT2D eigenvalue weighted by Gasteiger charge is 2.23. The molecule has 8 heteroatoms. The molecule has 2 heterocycles. The first kappa shape index (κ1) is 21.3. The minimum Gasteiger partial charge on any atom is -0.450 e. The normalized spacial score (nSPS) is 14.7. The first-order valence-corrected chi connectivity index (χ1v) is 10.7. The number of benzene rings is 1. The van der Waals surface area contributed by atoms with Gasteiger partial charge in [0.25, 0.3) is 0 Å². The Balaban J connectivity index is 1.54. The maximum atomic E-state index is 12.4. The number of carbonyl (C=O) groups excluding carboxylic acids is 2. The summed E-state index contributed by atoms with van der Waals surface area (Å²) in [5.41, 5.74) is 5.65. The first-order chi connectivity index (χ1) is 13.9. The third-order valence-corrected chi connectivity index (χ3v) is 5.89. The van der Waals surface area contributed by atoms with Gasteiger partial charge in [0.05, 0.1) is 18.8 Å². The zero-order valence-corrected chi connectivity index (χ0v) is 18.3. The van der Waals surface area contributed by atoms with Gasteiger partial charge in [-0.05, 0) is 50.5 Å². The summed E-state index contributed by atoms with van der Waals surface area (Å²) < 4.78 is 5.02. The topological polar surface area (TPSA) is 74.8 Å². The zero-order chi connectivity index (χ0) is 21.0. The van der Waals surface area contributed by atoms with Crippen molar-refractivity contribution in [1.29, 1.82) is 0 Å². The first-order valence-electron chi connectivity index (χ1n) is 9.85. The van der Waals surface area contributed by atoms with Crippen molar-refractivity contribution >= 4 is 28.5 Å². The van der Waals surface area contributed by atoms with E-state index in [1.54, 1.807) is 11.8 Å². The highest BCUT2D eigenvalue weighted by Crippen LogP contribution is 2.29. The highest BCUT2D eigenvalue weighted by molar-refractivity contribution is 7.14. The molecule has 0 radical (unpaired) electrons. The number of piperazine rings is 1. The summed E-state index contributed by atoms with van der Waals surface area (Å²) in [4.78, 5) is 32.5. The molecule has 29 heavy (non-hydrogen) atoms. The van der Waals surface area contributed by atoms with E-state index in [4.69, 9.17) is 4.74 Å². The van der Waals surface area contributed by atoms with Crippen LogP contribution in [0.15, 0.2) is 17.5 Å². The van der Waals surface area contributed by atoms with Gasteiger partial charge in [-0.3, -0.25) is 9.69 Å². The van der Waals surface area contributed by atoms with Gasteiger partial charge in [-0.15, -0.1) is 11.3 Å². The molecule has 2 aromatic rings. The Bertz CT molecular complexity index is 888. The molecule has 0 aliphatic carbocycles. The smallest absolute Gasteiger partial charge is 0.409 e. The molecule has 1 saturated heterocycles. The van der Waals surface area contributed by atoms with Gasteiger partial charge in [0.15, 0.2) is 5.13 Å². The van der Waals surface area contributed by atoms with Crippen LogP contribution in [0.1, 0.15) is 23.6 Å². The monoisotopic (exact) mass is 416 g/mol. The van der Waals surface area contributed by atoms with Gasteiger partial charge in [0.2, 0.25) is 5.91 Å². The Morgan fingerprint density at radius 2 is 1.79 bits per heavy atom. The van der Waals surface area contributed by atoms with Crippen molar-refractivity contribution in [2.24, 2.45) is 0 Å². The molecule has 156 valence electrons. The highest BCUT2D eigenvalue weighted by atomic mass is 32.1. The van der Waals surface area contributed by atoms with E-state index < -0.39 is 0 Å². The second kappa shape index (κ2) is 9.37. The molecule has 0 atom stereocenters. The van der Waals surface area contributed by atoms with Gasteiger partial charge in [-0.2, -0.15) is 0 Å². The quantitative estimate of drug-likeness (QED) is 0.808. The number of hydrogen-bond acceptors (Lipinski definition) is 6. The molecule has 3 rings (SSSR count). The molecule has 7 nitrogen and oxygen atoms in total. The number of anilines is 1. The van der Waals surface area contributed by atoms with Crippen LogP contribution in [-0.4, -0.2) is 66.1 Å². The average Bonchev–Trinajstić information content (AvgIpc) is 3.13. The van der Waals surface area contributed by atoms with Gasteiger partial charge in [0, 0.05) is 37.1 Å². The molecule has 1 aliphatic rings. The van der Waals surface area contributed by atoms with Gasteiger partial charge in [-0.25, -0.2) is 9.78 Å². The number of hydrogen-bond donors (Lipinski definition) is 1. The van der Waals surface area contributed by atoms with Crippen LogP contribution in [-0.2, 0) is 9.53 Å². The van der Waals surface area contributed by atoms with Crippen LogP contribution in [0.25, 0.3) is 11.3 Å². The van der Waals surface area contributed by atoms with Crippen LogP contribution in [0.4, 0.5) is 9.93 Å². The molecule has 2 amide bonds. The van der Waals surface area contributed by atoms with E-state index in [2.05, 4.69) is 43.2 Å². The number of nitrogens with zero attached hydrogens (tertiary/aromatic N) is 3. The van der Waals surface area contributed by atoms with E-state index in [0.717, 1.165) is 11.3 Å². The van der Waals surface area contributed by atoms with Crippen LogP contribution < -0.4 is 5.32 Å². The Labute approximate surface area is 175 Å². The van der Waals surface area contributed by atoms with Gasteiger partial charge < -0.3 is 15.0 Å². The molecule has 1 aromatic heterocycles. The Hall–Kier alpha value is -2.45. The number of aryl methyl sites for hydroxylation is 3. The summed E-state index contributed by atoms with van der Waals surface area (Å²) in [5, 5.41) is 5.48. The second-order valence-corrected chi connectivity index (χ2v) is 8.16. The fourth-order valence-electron chi connectivity index (χ4n) is 3.36. The summed E-state index contributed by atoms with van der Waals surface area (Å²) in [6.07, 6.45) is -0.284. The molecule has 0 unspecified atom stereocenters. The predicted molar refractivity (Wildman–Crippen MR) is 115 cm³/mol. The predicted octanol–water partition coefficient (Wildman–Crippen LogP) is 3.45. The number of rotatable bonds is 5. The standard InChI is InChI=1S/C21H28N4O3S/c1-5-28-21(27)25-8-6-24(7-9-25)12-19(26)23-20-22-18(13-29-20)17-11-15(3)14(2)10-16(17)4/h10-11,13H,5-9,12H2,1-4H3,(H,22,23,26). The number of carbonyl (C=O) groups is 2. The van der Waals surface area contributed by atoms with Gasteiger partial charge >= 0.3 is 6.09 Å². The maximum Gasteiger partial charge on any atom is 0.409 e. The summed E-state index contributed by atoms with van der Waals surface area (Å²) in [7, 11) is 0. The lowest BCUT2D eigenvalue weighted by molar-refractivity contribution is -0.117. The lowest BCUT2D eigenvalue weighted by Crippen LogP contribution is -2.50. The van der Waals surface area contributed by atoms with Crippen molar-refractivity contribution in [2.45, 2.75) is 27.7 Å². The van der Waals surface area contributed by atoms with E-state index in [9.17, 15) is 9.59 Å². The van der Waals surface area contributed by atoms with Crippen molar-refractivity contribution < 1.29 is 14.3 Å². The molecular formula is C21H28N4O3S. The van der Waals surface area contributed by atoms with Crippen molar-refractivity contribution in [3.8, 4) is 11.3 Å². The number of nitrogens with one attached hydrogen (secondary N) is 1. The van der Waals surface area contributed by atoms with Crippen molar-refractivity contribution in [3.63, 3.8) is 0 Å². The minimum absolute atomic E-state index is 0.0905. The molecule has 1 aromatic carbocycles. The lowest BCUT2D eigenvalue weighted by atomic mass is 9.99. The van der Waals surface area contributed by atoms with Crippen molar-refractivity contribution in [3.05, 3.63) is 34.2 Å². The van der Waals surface area contributed by atoms with Gasteiger partial charge in [-0.1, -0.05) is 6.07 Å². The van der Waals surface area contributed by atoms with Crippen molar-refractivity contribution in [1.82, 2.24) is 14.8 Å². The average molecular weight is 417 g/mol. The second-order valence-electron chi connectivity index (χ2n) is 7.30. The molecular weight excluding hydrogens is 388 g/mol. The fraction of sp³-hybridized carbons (Fsp3) is 0.476. The third kappa shape index (κ3) is 5.33. The minimum atomic E-state index is -0.284. The van der Waals surface area contributed by atoms with E-state index in [1.807, 2.05) is 10.3 Å². The van der Waals surface area contributed by atoms with Crippen LogP contribution in [0, 0.1) is 20.8 Å². The van der Waals surface area contributed by atoms with Crippen LogP contribution in [0.5, 0.6) is 0 Å².